The molecular weight excluding hydrogens is 249 g/mol. The summed E-state index contributed by atoms with van der Waals surface area (Å²) in [5.74, 6) is -0.509. The van der Waals surface area contributed by atoms with Gasteiger partial charge < -0.3 is 21.0 Å². The lowest BCUT2D eigenvalue weighted by Gasteiger charge is -2.24. The van der Waals surface area contributed by atoms with Crippen molar-refractivity contribution < 1.29 is 14.3 Å². The summed E-state index contributed by atoms with van der Waals surface area (Å²) in [6, 6.07) is 4.26. The molecule has 1 aromatic carbocycles. The van der Waals surface area contributed by atoms with E-state index in [0.717, 1.165) is 18.6 Å². The van der Waals surface area contributed by atoms with Crippen LogP contribution in [0.4, 0.5) is 4.39 Å². The Labute approximate surface area is 111 Å². The highest BCUT2D eigenvalue weighted by molar-refractivity contribution is 5.98. The Morgan fingerprint density at radius 3 is 3.05 bits per heavy atom. The highest BCUT2D eigenvalue weighted by atomic mass is 19.1. The van der Waals surface area contributed by atoms with Gasteiger partial charge in [-0.1, -0.05) is 11.2 Å². The van der Waals surface area contributed by atoms with E-state index in [2.05, 4.69) is 17.4 Å². The van der Waals surface area contributed by atoms with Crippen LogP contribution in [-0.2, 0) is 11.3 Å². The van der Waals surface area contributed by atoms with Gasteiger partial charge in [0.25, 0.3) is 0 Å². The number of nitrogens with two attached hydrogens (primary N) is 1. The maximum Gasteiger partial charge on any atom is 0.170 e. The minimum absolute atomic E-state index is 0.0865. The molecule has 1 unspecified atom stereocenters. The van der Waals surface area contributed by atoms with Gasteiger partial charge in [-0.25, -0.2) is 4.39 Å². The van der Waals surface area contributed by atoms with Crippen molar-refractivity contribution in [3.8, 4) is 0 Å². The summed E-state index contributed by atoms with van der Waals surface area (Å²) in [5.41, 5.74) is 6.66. The molecule has 1 aromatic rings. The molecule has 0 amide bonds. The molecule has 104 valence electrons. The number of nitrogens with zero attached hydrogens (tertiary/aromatic N) is 1. The second kappa shape index (κ2) is 5.54. The van der Waals surface area contributed by atoms with Crippen molar-refractivity contribution in [2.45, 2.75) is 25.4 Å². The zero-order valence-electron chi connectivity index (χ0n) is 10.8. The summed E-state index contributed by atoms with van der Waals surface area (Å²) in [4.78, 5) is 0. The lowest BCUT2D eigenvalue weighted by Crippen LogP contribution is -2.42. The van der Waals surface area contributed by atoms with E-state index >= 15 is 0 Å². The Bertz CT molecular complexity index is 485. The van der Waals surface area contributed by atoms with Gasteiger partial charge >= 0.3 is 0 Å². The van der Waals surface area contributed by atoms with E-state index in [9.17, 15) is 4.39 Å². The maximum absolute atomic E-state index is 13.2. The van der Waals surface area contributed by atoms with Crippen molar-refractivity contribution in [3.05, 3.63) is 35.1 Å². The topological polar surface area (TPSA) is 79.9 Å². The van der Waals surface area contributed by atoms with Crippen LogP contribution in [0.5, 0.6) is 0 Å². The highest BCUT2D eigenvalue weighted by Gasteiger charge is 2.29. The molecule has 5 nitrogen and oxygen atoms in total. The van der Waals surface area contributed by atoms with Gasteiger partial charge in [0.1, 0.15) is 5.82 Å². The van der Waals surface area contributed by atoms with E-state index in [4.69, 9.17) is 15.7 Å². The number of rotatable bonds is 4. The fourth-order valence-corrected chi connectivity index (χ4v) is 2.11. The van der Waals surface area contributed by atoms with E-state index in [1.54, 1.807) is 6.07 Å². The number of hydrogen-bond donors (Lipinski definition) is 3. The van der Waals surface area contributed by atoms with Crippen molar-refractivity contribution >= 4 is 5.84 Å². The summed E-state index contributed by atoms with van der Waals surface area (Å²) in [7, 11) is 0. The maximum atomic E-state index is 13.2. The number of halogens is 1. The summed E-state index contributed by atoms with van der Waals surface area (Å²) < 4.78 is 18.6. The van der Waals surface area contributed by atoms with Crippen LogP contribution in [0.1, 0.15) is 24.5 Å². The van der Waals surface area contributed by atoms with Crippen molar-refractivity contribution in [2.24, 2.45) is 10.9 Å². The monoisotopic (exact) mass is 267 g/mol. The third-order valence-corrected chi connectivity index (χ3v) is 3.38. The number of benzene rings is 1. The molecular formula is C13H18FN3O2. The van der Waals surface area contributed by atoms with Crippen molar-refractivity contribution in [2.75, 3.05) is 13.2 Å². The molecule has 0 aromatic heterocycles. The number of nitrogens with one attached hydrogen (secondary N) is 1. The number of hydrogen-bond acceptors (Lipinski definition) is 4. The standard InChI is InChI=1S/C13H18FN3O2/c1-13(4-5-19-8-13)16-7-9-2-3-10(14)6-11(9)12(15)17-18/h2-3,6,16,18H,4-5,7-8H2,1H3,(H2,15,17). The summed E-state index contributed by atoms with van der Waals surface area (Å²) >= 11 is 0. The van der Waals surface area contributed by atoms with Gasteiger partial charge in [0.05, 0.1) is 6.61 Å². The summed E-state index contributed by atoms with van der Waals surface area (Å²) in [5, 5.41) is 15.0. The molecule has 1 aliphatic heterocycles. The van der Waals surface area contributed by atoms with Gasteiger partial charge in [-0.2, -0.15) is 0 Å². The molecule has 4 N–H and O–H groups in total. The largest absolute Gasteiger partial charge is 0.409 e. The first-order chi connectivity index (χ1) is 9.04. The van der Waals surface area contributed by atoms with Gasteiger partial charge in [0.15, 0.2) is 5.84 Å². The zero-order chi connectivity index (χ0) is 13.9. The van der Waals surface area contributed by atoms with Gasteiger partial charge in [-0.15, -0.1) is 0 Å². The van der Waals surface area contributed by atoms with Gasteiger partial charge in [0, 0.05) is 24.3 Å². The first-order valence-corrected chi connectivity index (χ1v) is 6.13. The lowest BCUT2D eigenvalue weighted by atomic mass is 10.00. The molecule has 1 atom stereocenters. The number of ether oxygens (including phenoxy) is 1. The Hall–Kier alpha value is -1.66. The third-order valence-electron chi connectivity index (χ3n) is 3.38. The van der Waals surface area contributed by atoms with Crippen LogP contribution < -0.4 is 11.1 Å². The smallest absolute Gasteiger partial charge is 0.170 e. The van der Waals surface area contributed by atoms with Crippen molar-refractivity contribution in [1.82, 2.24) is 5.32 Å². The van der Waals surface area contributed by atoms with Crippen LogP contribution in [0, 0.1) is 5.82 Å². The van der Waals surface area contributed by atoms with E-state index in [1.807, 2.05) is 0 Å². The summed E-state index contributed by atoms with van der Waals surface area (Å²) in [6.45, 7) is 3.96. The molecule has 0 radical (unpaired) electrons. The zero-order valence-corrected chi connectivity index (χ0v) is 10.8. The lowest BCUT2D eigenvalue weighted by molar-refractivity contribution is 0.171. The van der Waals surface area contributed by atoms with Crippen LogP contribution in [0.25, 0.3) is 0 Å². The molecule has 0 aliphatic carbocycles. The average Bonchev–Trinajstić information content (AvgIpc) is 2.83. The molecule has 2 rings (SSSR count). The van der Waals surface area contributed by atoms with Crippen LogP contribution >= 0.6 is 0 Å². The van der Waals surface area contributed by atoms with Crippen LogP contribution in [0.3, 0.4) is 0 Å². The molecule has 1 fully saturated rings. The molecule has 1 heterocycles. The fraction of sp³-hybridized carbons (Fsp3) is 0.462. The first-order valence-electron chi connectivity index (χ1n) is 6.13. The quantitative estimate of drug-likeness (QED) is 0.331. The van der Waals surface area contributed by atoms with E-state index in [0.29, 0.717) is 18.7 Å². The second-order valence-corrected chi connectivity index (χ2v) is 5.00. The van der Waals surface area contributed by atoms with Crippen LogP contribution in [-0.4, -0.2) is 29.8 Å². The van der Waals surface area contributed by atoms with Crippen molar-refractivity contribution in [1.29, 1.82) is 0 Å². The second-order valence-electron chi connectivity index (χ2n) is 5.00. The number of oxime groups is 1. The average molecular weight is 267 g/mol. The summed E-state index contributed by atoms with van der Waals surface area (Å²) in [6.07, 6.45) is 0.924. The molecule has 1 saturated heterocycles. The number of amidine groups is 1. The first kappa shape index (κ1) is 13.8. The minimum atomic E-state index is -0.416. The van der Waals surface area contributed by atoms with E-state index < -0.39 is 5.82 Å². The Morgan fingerprint density at radius 2 is 2.42 bits per heavy atom. The predicted octanol–water partition coefficient (Wildman–Crippen LogP) is 1.19. The van der Waals surface area contributed by atoms with Gasteiger partial charge in [0.2, 0.25) is 0 Å². The molecule has 0 saturated carbocycles. The Morgan fingerprint density at radius 1 is 1.63 bits per heavy atom. The van der Waals surface area contributed by atoms with Crippen LogP contribution in [0.15, 0.2) is 23.4 Å². The van der Waals surface area contributed by atoms with Gasteiger partial charge in [-0.3, -0.25) is 0 Å². The Kier molecular flexibility index (Phi) is 4.01. The molecule has 6 heteroatoms. The molecule has 0 spiro atoms. The molecule has 19 heavy (non-hydrogen) atoms. The van der Waals surface area contributed by atoms with E-state index in [1.165, 1.54) is 12.1 Å². The fourth-order valence-electron chi connectivity index (χ4n) is 2.11. The minimum Gasteiger partial charge on any atom is -0.409 e. The van der Waals surface area contributed by atoms with E-state index in [-0.39, 0.29) is 11.4 Å². The molecule has 1 aliphatic rings. The Balaban J connectivity index is 2.15. The molecule has 0 bridgehead atoms. The third kappa shape index (κ3) is 3.21. The van der Waals surface area contributed by atoms with Crippen molar-refractivity contribution in [3.63, 3.8) is 0 Å². The highest BCUT2D eigenvalue weighted by Crippen LogP contribution is 2.19. The normalized spacial score (nSPS) is 23.8. The van der Waals surface area contributed by atoms with Gasteiger partial charge in [-0.05, 0) is 31.0 Å². The SMILES string of the molecule is CC1(NCc2ccc(F)cc2/C(N)=N/O)CCOC1. The van der Waals surface area contributed by atoms with Crippen LogP contribution in [0.2, 0.25) is 0 Å². The predicted molar refractivity (Wildman–Crippen MR) is 69.6 cm³/mol.